The van der Waals surface area contributed by atoms with E-state index in [1.54, 1.807) is 0 Å². The van der Waals surface area contributed by atoms with E-state index in [0.29, 0.717) is 19.3 Å². The molecule has 0 aliphatic carbocycles. The van der Waals surface area contributed by atoms with Crippen LogP contribution in [0.15, 0.2) is 0 Å². The van der Waals surface area contributed by atoms with Gasteiger partial charge in [0.15, 0.2) is 0 Å². The molecule has 18 heavy (non-hydrogen) atoms. The number of nitrogens with zero attached hydrogens (tertiary/aromatic N) is 1. The van der Waals surface area contributed by atoms with E-state index in [-0.39, 0.29) is 17.9 Å². The van der Waals surface area contributed by atoms with Crippen molar-refractivity contribution in [1.82, 2.24) is 10.2 Å². The molecule has 4 nitrogen and oxygen atoms in total. The Morgan fingerprint density at radius 2 is 2.33 bits per heavy atom. The maximum absolute atomic E-state index is 12.5. The first-order valence-corrected chi connectivity index (χ1v) is 8.05. The summed E-state index contributed by atoms with van der Waals surface area (Å²) in [5.74, 6) is 2.53. The first kappa shape index (κ1) is 14.2. The first-order valence-electron chi connectivity index (χ1n) is 6.89. The standard InChI is InChI=1S/C13H24N2O2S/c1-3-5-14-12-8-17-7-11(12)13(16)15(2)10-4-6-18-9-10/h10-12,14H,3-9H2,1-2H3. The van der Waals surface area contributed by atoms with Crippen molar-refractivity contribution in [2.75, 3.05) is 38.3 Å². The van der Waals surface area contributed by atoms with Crippen molar-refractivity contribution in [1.29, 1.82) is 0 Å². The third-order valence-corrected chi connectivity index (χ3v) is 5.00. The van der Waals surface area contributed by atoms with E-state index in [4.69, 9.17) is 4.74 Å². The number of nitrogens with one attached hydrogen (secondary N) is 1. The third kappa shape index (κ3) is 3.19. The Morgan fingerprint density at radius 1 is 1.50 bits per heavy atom. The maximum Gasteiger partial charge on any atom is 0.229 e. The van der Waals surface area contributed by atoms with Gasteiger partial charge in [-0.15, -0.1) is 0 Å². The highest BCUT2D eigenvalue weighted by Crippen LogP contribution is 2.24. The van der Waals surface area contributed by atoms with E-state index in [9.17, 15) is 4.79 Å². The minimum atomic E-state index is 0.00662. The zero-order valence-electron chi connectivity index (χ0n) is 11.4. The van der Waals surface area contributed by atoms with Crippen LogP contribution in [0.1, 0.15) is 19.8 Å². The van der Waals surface area contributed by atoms with Crippen molar-refractivity contribution in [2.45, 2.75) is 31.8 Å². The number of amides is 1. The Morgan fingerprint density at radius 3 is 3.00 bits per heavy atom. The number of carbonyl (C=O) groups excluding carboxylic acids is 1. The smallest absolute Gasteiger partial charge is 0.229 e. The summed E-state index contributed by atoms with van der Waals surface area (Å²) in [6.45, 7) is 4.34. The summed E-state index contributed by atoms with van der Waals surface area (Å²) in [7, 11) is 1.95. The van der Waals surface area contributed by atoms with Crippen molar-refractivity contribution in [3.8, 4) is 0 Å². The predicted octanol–water partition coefficient (Wildman–Crippen LogP) is 0.965. The molecule has 2 fully saturated rings. The quantitative estimate of drug-likeness (QED) is 0.809. The van der Waals surface area contributed by atoms with Crippen LogP contribution < -0.4 is 5.32 Å². The number of thioether (sulfide) groups is 1. The van der Waals surface area contributed by atoms with Crippen molar-refractivity contribution in [2.24, 2.45) is 5.92 Å². The van der Waals surface area contributed by atoms with Crippen LogP contribution in [0.25, 0.3) is 0 Å². The lowest BCUT2D eigenvalue weighted by Gasteiger charge is -2.28. The Labute approximate surface area is 114 Å². The SMILES string of the molecule is CCCNC1COCC1C(=O)N(C)C1CCSC1. The summed E-state index contributed by atoms with van der Waals surface area (Å²) in [6.07, 6.45) is 2.22. The number of rotatable bonds is 5. The summed E-state index contributed by atoms with van der Waals surface area (Å²) >= 11 is 1.94. The molecule has 0 spiro atoms. The van der Waals surface area contributed by atoms with Crippen LogP contribution in [0.4, 0.5) is 0 Å². The van der Waals surface area contributed by atoms with Crippen LogP contribution in [0.5, 0.6) is 0 Å². The van der Waals surface area contributed by atoms with Gasteiger partial charge in [0.05, 0.1) is 19.1 Å². The normalized spacial score (nSPS) is 31.8. The highest BCUT2D eigenvalue weighted by atomic mass is 32.2. The molecule has 2 aliphatic rings. The highest BCUT2D eigenvalue weighted by Gasteiger charge is 2.37. The molecule has 0 saturated carbocycles. The van der Waals surface area contributed by atoms with Crippen molar-refractivity contribution >= 4 is 17.7 Å². The Bertz CT molecular complexity index is 282. The van der Waals surface area contributed by atoms with Gasteiger partial charge in [-0.25, -0.2) is 0 Å². The van der Waals surface area contributed by atoms with Crippen LogP contribution >= 0.6 is 11.8 Å². The first-order chi connectivity index (χ1) is 8.74. The van der Waals surface area contributed by atoms with Crippen molar-refractivity contribution < 1.29 is 9.53 Å². The largest absolute Gasteiger partial charge is 0.379 e. The fraction of sp³-hybridized carbons (Fsp3) is 0.923. The third-order valence-electron chi connectivity index (χ3n) is 3.86. The summed E-state index contributed by atoms with van der Waals surface area (Å²) in [5.41, 5.74) is 0. The molecule has 2 aliphatic heterocycles. The molecule has 2 rings (SSSR count). The van der Waals surface area contributed by atoms with Crippen LogP contribution in [-0.4, -0.2) is 61.2 Å². The number of hydrogen-bond acceptors (Lipinski definition) is 4. The van der Waals surface area contributed by atoms with Gasteiger partial charge in [0.1, 0.15) is 0 Å². The molecule has 0 aromatic rings. The van der Waals surface area contributed by atoms with E-state index < -0.39 is 0 Å². The van der Waals surface area contributed by atoms with E-state index in [2.05, 4.69) is 12.2 Å². The fourth-order valence-electron chi connectivity index (χ4n) is 2.60. The van der Waals surface area contributed by atoms with Crippen LogP contribution in [-0.2, 0) is 9.53 Å². The lowest BCUT2D eigenvalue weighted by Crippen LogP contribution is -2.47. The molecule has 0 aromatic heterocycles. The average molecular weight is 272 g/mol. The van der Waals surface area contributed by atoms with Gasteiger partial charge in [-0.3, -0.25) is 4.79 Å². The number of ether oxygens (including phenoxy) is 1. The second-order valence-electron chi connectivity index (χ2n) is 5.17. The van der Waals surface area contributed by atoms with Crippen LogP contribution in [0.2, 0.25) is 0 Å². The summed E-state index contributed by atoms with van der Waals surface area (Å²) in [6, 6.07) is 0.629. The fourth-order valence-corrected chi connectivity index (χ4v) is 3.87. The van der Waals surface area contributed by atoms with E-state index in [1.165, 1.54) is 5.75 Å². The lowest BCUT2D eigenvalue weighted by atomic mass is 10.0. The summed E-state index contributed by atoms with van der Waals surface area (Å²) in [4.78, 5) is 14.5. The molecule has 0 bridgehead atoms. The molecule has 3 unspecified atom stereocenters. The molecule has 2 heterocycles. The Hall–Kier alpha value is -0.260. The second kappa shape index (κ2) is 6.78. The molecule has 5 heteroatoms. The monoisotopic (exact) mass is 272 g/mol. The van der Waals surface area contributed by atoms with E-state index in [1.807, 2.05) is 23.7 Å². The van der Waals surface area contributed by atoms with Crippen molar-refractivity contribution in [3.63, 3.8) is 0 Å². The average Bonchev–Trinajstić information content (AvgIpc) is 3.05. The molecule has 3 atom stereocenters. The van der Waals surface area contributed by atoms with Gasteiger partial charge >= 0.3 is 0 Å². The topological polar surface area (TPSA) is 41.6 Å². The number of carbonyl (C=O) groups is 1. The van der Waals surface area contributed by atoms with E-state index in [0.717, 1.165) is 25.1 Å². The molecule has 0 radical (unpaired) electrons. The second-order valence-corrected chi connectivity index (χ2v) is 6.32. The molecule has 2 saturated heterocycles. The van der Waals surface area contributed by atoms with Gasteiger partial charge in [0, 0.05) is 24.9 Å². The summed E-state index contributed by atoms with van der Waals surface area (Å²) in [5, 5.41) is 3.43. The molecule has 0 aromatic carbocycles. The molecular weight excluding hydrogens is 248 g/mol. The van der Waals surface area contributed by atoms with Gasteiger partial charge in [0.2, 0.25) is 5.91 Å². The number of hydrogen-bond donors (Lipinski definition) is 1. The van der Waals surface area contributed by atoms with Gasteiger partial charge in [0.25, 0.3) is 0 Å². The van der Waals surface area contributed by atoms with Gasteiger partial charge in [-0.2, -0.15) is 11.8 Å². The molecule has 104 valence electrons. The van der Waals surface area contributed by atoms with Crippen LogP contribution in [0, 0.1) is 5.92 Å². The van der Waals surface area contributed by atoms with Gasteiger partial charge in [-0.05, 0) is 25.1 Å². The Kier molecular flexibility index (Phi) is 5.33. The minimum Gasteiger partial charge on any atom is -0.379 e. The molecule has 1 amide bonds. The van der Waals surface area contributed by atoms with E-state index >= 15 is 0 Å². The zero-order valence-corrected chi connectivity index (χ0v) is 12.2. The summed E-state index contributed by atoms with van der Waals surface area (Å²) < 4.78 is 5.49. The Balaban J connectivity index is 1.89. The van der Waals surface area contributed by atoms with Crippen molar-refractivity contribution in [3.05, 3.63) is 0 Å². The molecule has 1 N–H and O–H groups in total. The minimum absolute atomic E-state index is 0.00662. The van der Waals surface area contributed by atoms with Gasteiger partial charge in [-0.1, -0.05) is 6.92 Å². The predicted molar refractivity (Wildman–Crippen MR) is 74.9 cm³/mol. The lowest BCUT2D eigenvalue weighted by molar-refractivity contribution is -0.136. The van der Waals surface area contributed by atoms with Gasteiger partial charge < -0.3 is 15.0 Å². The molecular formula is C13H24N2O2S. The maximum atomic E-state index is 12.5. The van der Waals surface area contributed by atoms with Crippen LogP contribution in [0.3, 0.4) is 0 Å². The zero-order chi connectivity index (χ0) is 13.0. The highest BCUT2D eigenvalue weighted by molar-refractivity contribution is 7.99.